The van der Waals surface area contributed by atoms with E-state index in [2.05, 4.69) is 16.9 Å². The molecule has 1 N–H and O–H groups in total. The highest BCUT2D eigenvalue weighted by molar-refractivity contribution is 7.14. The Balaban J connectivity index is 1.82. The number of aliphatic hydroxyl groups excluding tert-OH is 1. The van der Waals surface area contributed by atoms with Crippen LogP contribution >= 0.6 is 11.3 Å². The molecule has 3 heterocycles. The van der Waals surface area contributed by atoms with Crippen LogP contribution in [0, 0.1) is 13.8 Å². The molecule has 8 heteroatoms. The lowest BCUT2D eigenvalue weighted by molar-refractivity contribution is -0.130. The van der Waals surface area contributed by atoms with E-state index in [1.807, 2.05) is 37.3 Å². The van der Waals surface area contributed by atoms with E-state index < -0.39 is 23.5 Å². The number of amides is 1. The minimum Gasteiger partial charge on any atom is -0.503 e. The van der Waals surface area contributed by atoms with Crippen molar-refractivity contribution in [2.75, 3.05) is 6.61 Å². The lowest BCUT2D eigenvalue weighted by Crippen LogP contribution is -2.31. The summed E-state index contributed by atoms with van der Waals surface area (Å²) in [4.78, 5) is 37.4. The van der Waals surface area contributed by atoms with Crippen molar-refractivity contribution in [3.05, 3.63) is 86.8 Å². The predicted molar refractivity (Wildman–Crippen MR) is 130 cm³/mol. The standard InChI is InChI=1S/C26H27N3O4S/c1-4-5-13-33-20-11-7-6-10-19(20)22-21(23(30)25-16(2)28-17(3)34-25)24(31)26(32)29(22)15-18-9-8-12-27-14-18/h6-12,14,22,31H,4-5,13,15H2,1-3H3. The molecule has 1 amide bonds. The molecule has 4 rings (SSSR count). The number of unbranched alkanes of at least 4 members (excludes halogenated alkanes) is 1. The summed E-state index contributed by atoms with van der Waals surface area (Å²) >= 11 is 1.26. The molecule has 3 aromatic rings. The molecule has 7 nitrogen and oxygen atoms in total. The lowest BCUT2D eigenvalue weighted by atomic mass is 9.94. The third-order valence-corrected chi connectivity index (χ3v) is 6.77. The van der Waals surface area contributed by atoms with Crippen LogP contribution in [0.5, 0.6) is 5.75 Å². The van der Waals surface area contributed by atoms with Gasteiger partial charge in [-0.15, -0.1) is 11.3 Å². The number of ether oxygens (including phenoxy) is 1. The van der Waals surface area contributed by atoms with Gasteiger partial charge >= 0.3 is 0 Å². The zero-order valence-electron chi connectivity index (χ0n) is 19.4. The van der Waals surface area contributed by atoms with E-state index in [0.29, 0.717) is 28.5 Å². The number of aliphatic hydroxyl groups is 1. The molecule has 34 heavy (non-hydrogen) atoms. The van der Waals surface area contributed by atoms with E-state index in [4.69, 9.17) is 4.74 Å². The highest BCUT2D eigenvalue weighted by Gasteiger charge is 2.45. The van der Waals surface area contributed by atoms with E-state index in [1.54, 1.807) is 25.4 Å². The molecule has 0 fully saturated rings. The van der Waals surface area contributed by atoms with Crippen LogP contribution in [0.25, 0.3) is 0 Å². The molecular formula is C26H27N3O4S. The Hall–Kier alpha value is -3.52. The number of aromatic nitrogens is 2. The van der Waals surface area contributed by atoms with Gasteiger partial charge in [-0.2, -0.15) is 0 Å². The summed E-state index contributed by atoms with van der Waals surface area (Å²) in [6.45, 7) is 6.36. The van der Waals surface area contributed by atoms with Crippen LogP contribution in [0.3, 0.4) is 0 Å². The Labute approximate surface area is 202 Å². The molecule has 176 valence electrons. The number of hydrogen-bond donors (Lipinski definition) is 1. The number of ketones is 1. The zero-order chi connectivity index (χ0) is 24.2. The fourth-order valence-corrected chi connectivity index (χ4v) is 4.96. The smallest absolute Gasteiger partial charge is 0.290 e. The first kappa shape index (κ1) is 23.6. The minimum atomic E-state index is -0.806. The van der Waals surface area contributed by atoms with E-state index >= 15 is 0 Å². The van der Waals surface area contributed by atoms with Crippen LogP contribution in [0.4, 0.5) is 0 Å². The predicted octanol–water partition coefficient (Wildman–Crippen LogP) is 5.11. The average Bonchev–Trinajstić information content (AvgIpc) is 3.30. The van der Waals surface area contributed by atoms with Crippen LogP contribution in [-0.2, 0) is 11.3 Å². The maximum absolute atomic E-state index is 13.7. The van der Waals surface area contributed by atoms with Crippen molar-refractivity contribution in [3.8, 4) is 5.75 Å². The number of Topliss-reactive ketones (excluding diaryl/α,β-unsaturated/α-hetero) is 1. The molecule has 0 spiro atoms. The van der Waals surface area contributed by atoms with Crippen LogP contribution in [0.1, 0.15) is 57.3 Å². The summed E-state index contributed by atoms with van der Waals surface area (Å²) in [7, 11) is 0. The minimum absolute atomic E-state index is 0.0483. The second-order valence-electron chi connectivity index (χ2n) is 8.18. The molecule has 1 unspecified atom stereocenters. The topological polar surface area (TPSA) is 92.6 Å². The molecule has 0 saturated carbocycles. The number of benzene rings is 1. The van der Waals surface area contributed by atoms with Crippen LogP contribution in [0.15, 0.2) is 60.1 Å². The summed E-state index contributed by atoms with van der Waals surface area (Å²) < 4.78 is 6.05. The second kappa shape index (κ2) is 10.2. The maximum atomic E-state index is 13.7. The molecular weight excluding hydrogens is 450 g/mol. The first-order valence-corrected chi connectivity index (χ1v) is 12.1. The van der Waals surface area contributed by atoms with Crippen LogP contribution in [0.2, 0.25) is 0 Å². The van der Waals surface area contributed by atoms with Gasteiger partial charge in [-0.25, -0.2) is 4.98 Å². The average molecular weight is 478 g/mol. The number of para-hydroxylation sites is 1. The zero-order valence-corrected chi connectivity index (χ0v) is 20.3. The summed E-state index contributed by atoms with van der Waals surface area (Å²) in [6.07, 6.45) is 5.18. The van der Waals surface area contributed by atoms with E-state index in [-0.39, 0.29) is 12.1 Å². The maximum Gasteiger partial charge on any atom is 0.290 e. The number of aryl methyl sites for hydroxylation is 2. The molecule has 1 atom stereocenters. The van der Waals surface area contributed by atoms with Crippen LogP contribution in [-0.4, -0.2) is 38.3 Å². The molecule has 0 radical (unpaired) electrons. The Kier molecular flexibility index (Phi) is 7.07. The van der Waals surface area contributed by atoms with Crippen molar-refractivity contribution in [2.24, 2.45) is 0 Å². The lowest BCUT2D eigenvalue weighted by Gasteiger charge is -2.28. The SMILES string of the molecule is CCCCOc1ccccc1C1C(C(=O)c2sc(C)nc2C)=C(O)C(=O)N1Cc1cccnc1. The fourth-order valence-electron chi connectivity index (χ4n) is 4.09. The Bertz CT molecular complexity index is 1240. The van der Waals surface area contributed by atoms with Gasteiger partial charge in [0.2, 0.25) is 5.78 Å². The Morgan fingerprint density at radius 3 is 2.68 bits per heavy atom. The third-order valence-electron chi connectivity index (χ3n) is 5.70. The first-order valence-electron chi connectivity index (χ1n) is 11.3. The highest BCUT2D eigenvalue weighted by atomic mass is 32.1. The fraction of sp³-hybridized carbons (Fsp3) is 0.308. The van der Waals surface area contributed by atoms with Crippen molar-refractivity contribution in [1.29, 1.82) is 0 Å². The molecule has 0 aliphatic carbocycles. The number of nitrogens with zero attached hydrogens (tertiary/aromatic N) is 3. The first-order chi connectivity index (χ1) is 16.4. The van der Waals surface area contributed by atoms with Crippen molar-refractivity contribution in [2.45, 2.75) is 46.2 Å². The summed E-state index contributed by atoms with van der Waals surface area (Å²) in [5.41, 5.74) is 2.07. The van der Waals surface area contributed by atoms with E-state index in [1.165, 1.54) is 16.2 Å². The van der Waals surface area contributed by atoms with Gasteiger partial charge in [-0.05, 0) is 38.0 Å². The van der Waals surface area contributed by atoms with Gasteiger partial charge in [0.1, 0.15) is 5.75 Å². The number of carbonyl (C=O) groups excluding carboxylic acids is 2. The van der Waals surface area contributed by atoms with E-state index in [9.17, 15) is 14.7 Å². The molecule has 1 aliphatic heterocycles. The number of hydrogen-bond acceptors (Lipinski definition) is 7. The van der Waals surface area contributed by atoms with Gasteiger partial charge in [0, 0.05) is 24.5 Å². The van der Waals surface area contributed by atoms with Crippen molar-refractivity contribution >= 4 is 23.0 Å². The molecule has 0 bridgehead atoms. The summed E-state index contributed by atoms with van der Waals surface area (Å²) in [5, 5.41) is 11.7. The quantitative estimate of drug-likeness (QED) is 0.340. The molecule has 0 saturated heterocycles. The van der Waals surface area contributed by atoms with Crippen molar-refractivity contribution in [1.82, 2.24) is 14.9 Å². The van der Waals surface area contributed by atoms with Gasteiger partial charge in [0.05, 0.1) is 33.8 Å². The van der Waals surface area contributed by atoms with Gasteiger partial charge in [0.25, 0.3) is 5.91 Å². The molecule has 1 aliphatic rings. The molecule has 2 aromatic heterocycles. The number of rotatable bonds is 9. The van der Waals surface area contributed by atoms with E-state index in [0.717, 1.165) is 23.4 Å². The monoisotopic (exact) mass is 477 g/mol. The van der Waals surface area contributed by atoms with Gasteiger partial charge in [-0.1, -0.05) is 37.6 Å². The summed E-state index contributed by atoms with van der Waals surface area (Å²) in [5.74, 6) is -0.940. The van der Waals surface area contributed by atoms with Gasteiger partial charge < -0.3 is 14.7 Å². The summed E-state index contributed by atoms with van der Waals surface area (Å²) in [6, 6.07) is 10.2. The second-order valence-corrected chi connectivity index (χ2v) is 9.38. The highest BCUT2D eigenvalue weighted by Crippen LogP contribution is 2.43. The van der Waals surface area contributed by atoms with Crippen molar-refractivity contribution in [3.63, 3.8) is 0 Å². The number of thiazole rings is 1. The normalized spacial score (nSPS) is 15.8. The van der Waals surface area contributed by atoms with Crippen LogP contribution < -0.4 is 4.74 Å². The Morgan fingerprint density at radius 1 is 1.21 bits per heavy atom. The van der Waals surface area contributed by atoms with Gasteiger partial charge in [-0.3, -0.25) is 14.6 Å². The van der Waals surface area contributed by atoms with Crippen molar-refractivity contribution < 1.29 is 19.4 Å². The number of pyridine rings is 1. The number of carbonyl (C=O) groups is 2. The van der Waals surface area contributed by atoms with Gasteiger partial charge in [0.15, 0.2) is 5.76 Å². The molecule has 1 aromatic carbocycles. The third kappa shape index (κ3) is 4.59. The Morgan fingerprint density at radius 2 is 2.00 bits per heavy atom. The largest absolute Gasteiger partial charge is 0.503 e.